The van der Waals surface area contributed by atoms with Crippen molar-refractivity contribution in [3.63, 3.8) is 0 Å². The van der Waals surface area contributed by atoms with Crippen molar-refractivity contribution in [2.24, 2.45) is 0 Å². The van der Waals surface area contributed by atoms with Crippen LogP contribution in [0.3, 0.4) is 0 Å². The van der Waals surface area contributed by atoms with Crippen molar-refractivity contribution in [3.05, 3.63) is 45.2 Å². The summed E-state index contributed by atoms with van der Waals surface area (Å²) in [5, 5.41) is 0. The van der Waals surface area contributed by atoms with Crippen LogP contribution in [0.4, 0.5) is 13.2 Å². The topological polar surface area (TPSA) is 17.1 Å². The van der Waals surface area contributed by atoms with Crippen LogP contribution in [0.25, 0.3) is 10.4 Å². The van der Waals surface area contributed by atoms with Crippen LogP contribution in [-0.4, -0.2) is 5.78 Å². The van der Waals surface area contributed by atoms with Gasteiger partial charge in [0.15, 0.2) is 5.78 Å². The molecule has 6 heteroatoms. The van der Waals surface area contributed by atoms with Gasteiger partial charge in [0.1, 0.15) is 0 Å². The maximum absolute atomic E-state index is 12.8. The van der Waals surface area contributed by atoms with Crippen LogP contribution in [0.15, 0.2) is 34.8 Å². The van der Waals surface area contributed by atoms with E-state index in [-0.39, 0.29) is 5.78 Å². The first-order chi connectivity index (χ1) is 9.82. The van der Waals surface area contributed by atoms with E-state index in [1.54, 1.807) is 12.1 Å². The first-order valence-electron chi connectivity index (χ1n) is 6.33. The summed E-state index contributed by atoms with van der Waals surface area (Å²) in [7, 11) is 0. The molecule has 1 heterocycles. The third-order valence-corrected chi connectivity index (χ3v) is 4.77. The normalized spacial score (nSPS) is 11.7. The minimum Gasteiger partial charge on any atom is -0.293 e. The zero-order valence-electron chi connectivity index (χ0n) is 11.1. The zero-order valence-corrected chi connectivity index (χ0v) is 13.5. The summed E-state index contributed by atoms with van der Waals surface area (Å²) in [5.41, 5.74) is -0.249. The van der Waals surface area contributed by atoms with E-state index >= 15 is 0 Å². The van der Waals surface area contributed by atoms with Gasteiger partial charge in [0.25, 0.3) is 0 Å². The minimum absolute atomic E-state index is 0.0249. The van der Waals surface area contributed by atoms with Crippen molar-refractivity contribution in [2.75, 3.05) is 0 Å². The molecule has 0 aliphatic heterocycles. The average molecular weight is 377 g/mol. The summed E-state index contributed by atoms with van der Waals surface area (Å²) in [6, 6.07) is 6.87. The molecule has 0 spiro atoms. The molecule has 0 aliphatic rings. The number of halogens is 4. The molecular weight excluding hydrogens is 365 g/mol. The molecular formula is C15H12BrF3OS. The van der Waals surface area contributed by atoms with Crippen LogP contribution >= 0.6 is 27.3 Å². The predicted molar refractivity (Wildman–Crippen MR) is 81.7 cm³/mol. The third-order valence-electron chi connectivity index (χ3n) is 2.92. The molecule has 1 aromatic carbocycles. The van der Waals surface area contributed by atoms with Gasteiger partial charge in [-0.3, -0.25) is 4.79 Å². The number of carbonyl (C=O) groups is 1. The largest absolute Gasteiger partial charge is 0.416 e. The number of hydrogen-bond acceptors (Lipinski definition) is 2. The van der Waals surface area contributed by atoms with Crippen molar-refractivity contribution in [1.29, 1.82) is 0 Å². The number of rotatable bonds is 4. The Bertz CT molecular complexity index is 661. The summed E-state index contributed by atoms with van der Waals surface area (Å²) in [6.07, 6.45) is -3.18. The number of ketones is 1. The monoisotopic (exact) mass is 376 g/mol. The molecule has 0 atom stereocenters. The molecule has 0 aliphatic carbocycles. The highest BCUT2D eigenvalue weighted by molar-refractivity contribution is 9.10. The van der Waals surface area contributed by atoms with Gasteiger partial charge in [-0.1, -0.05) is 22.9 Å². The molecule has 0 unspecified atom stereocenters. The first-order valence-corrected chi connectivity index (χ1v) is 7.94. The van der Waals surface area contributed by atoms with E-state index in [0.717, 1.165) is 18.6 Å². The number of alkyl halides is 3. The Labute approximate surface area is 132 Å². The fourth-order valence-corrected chi connectivity index (χ4v) is 3.47. The maximum atomic E-state index is 12.8. The summed E-state index contributed by atoms with van der Waals surface area (Å²) in [6.45, 7) is 1.91. The molecule has 1 nitrogen and oxygen atoms in total. The maximum Gasteiger partial charge on any atom is 0.416 e. The van der Waals surface area contributed by atoms with Crippen LogP contribution in [0, 0.1) is 0 Å². The van der Waals surface area contributed by atoms with Crippen LogP contribution in [0.5, 0.6) is 0 Å². The Hall–Kier alpha value is -1.14. The van der Waals surface area contributed by atoms with Crippen molar-refractivity contribution in [2.45, 2.75) is 25.9 Å². The smallest absolute Gasteiger partial charge is 0.293 e. The molecule has 21 heavy (non-hydrogen) atoms. The predicted octanol–water partition coefficient (Wildman–Crippen LogP) is 6.18. The standard InChI is InChI=1S/C15H12BrF3OS/c1-2-3-12(20)14-7-6-13(21-14)10-8-9(15(17,18)19)4-5-11(10)16/h4-8H,2-3H2,1H3. The number of thiophene rings is 1. The van der Waals surface area contributed by atoms with Gasteiger partial charge in [0.2, 0.25) is 0 Å². The van der Waals surface area contributed by atoms with E-state index in [1.807, 2.05) is 6.92 Å². The summed E-state index contributed by atoms with van der Waals surface area (Å²) >= 11 is 4.49. The lowest BCUT2D eigenvalue weighted by molar-refractivity contribution is -0.137. The number of Topliss-reactive ketones (excluding diaryl/α,β-unsaturated/α-hetero) is 1. The van der Waals surface area contributed by atoms with Crippen LogP contribution in [0.2, 0.25) is 0 Å². The Morgan fingerprint density at radius 3 is 2.57 bits per heavy atom. The molecule has 2 aromatic rings. The Morgan fingerprint density at radius 1 is 1.24 bits per heavy atom. The van der Waals surface area contributed by atoms with E-state index < -0.39 is 11.7 Å². The van der Waals surface area contributed by atoms with Crippen LogP contribution in [0.1, 0.15) is 35.0 Å². The molecule has 0 N–H and O–H groups in total. The van der Waals surface area contributed by atoms with E-state index in [0.29, 0.717) is 26.2 Å². The van der Waals surface area contributed by atoms with E-state index in [1.165, 1.54) is 17.4 Å². The quantitative estimate of drug-likeness (QED) is 0.582. The Balaban J connectivity index is 2.40. The third kappa shape index (κ3) is 3.74. The van der Waals surface area contributed by atoms with Crippen molar-refractivity contribution in [3.8, 4) is 10.4 Å². The second kappa shape index (κ2) is 6.32. The molecule has 2 rings (SSSR count). The van der Waals surface area contributed by atoms with Gasteiger partial charge in [-0.2, -0.15) is 13.2 Å². The van der Waals surface area contributed by atoms with Gasteiger partial charge < -0.3 is 0 Å². The lowest BCUT2D eigenvalue weighted by atomic mass is 10.1. The van der Waals surface area contributed by atoms with Gasteiger partial charge >= 0.3 is 6.18 Å². The fourth-order valence-electron chi connectivity index (χ4n) is 1.87. The molecule has 112 valence electrons. The zero-order chi connectivity index (χ0) is 15.6. The first kappa shape index (κ1) is 16.2. The Morgan fingerprint density at radius 2 is 1.95 bits per heavy atom. The SMILES string of the molecule is CCCC(=O)c1ccc(-c2cc(C(F)(F)F)ccc2Br)s1. The van der Waals surface area contributed by atoms with Gasteiger partial charge in [-0.15, -0.1) is 11.3 Å². The van der Waals surface area contributed by atoms with Gasteiger partial charge in [0.05, 0.1) is 10.4 Å². The van der Waals surface area contributed by atoms with Crippen LogP contribution < -0.4 is 0 Å². The molecule has 0 fully saturated rings. The second-order valence-corrected chi connectivity index (χ2v) is 6.47. The molecule has 0 radical (unpaired) electrons. The van der Waals surface area contributed by atoms with Gasteiger partial charge in [-0.05, 0) is 36.8 Å². The fraction of sp³-hybridized carbons (Fsp3) is 0.267. The van der Waals surface area contributed by atoms with Gasteiger partial charge in [-0.25, -0.2) is 0 Å². The lowest BCUT2D eigenvalue weighted by Crippen LogP contribution is -2.04. The summed E-state index contributed by atoms with van der Waals surface area (Å²) < 4.78 is 38.9. The highest BCUT2D eigenvalue weighted by Gasteiger charge is 2.31. The summed E-state index contributed by atoms with van der Waals surface area (Å²) in [5.74, 6) is 0.0249. The molecule has 0 bridgehead atoms. The highest BCUT2D eigenvalue weighted by Crippen LogP contribution is 2.38. The lowest BCUT2D eigenvalue weighted by Gasteiger charge is -2.09. The molecule has 0 saturated heterocycles. The van der Waals surface area contributed by atoms with Crippen LogP contribution in [-0.2, 0) is 6.18 Å². The number of hydrogen-bond donors (Lipinski definition) is 0. The highest BCUT2D eigenvalue weighted by atomic mass is 79.9. The van der Waals surface area contributed by atoms with E-state index in [9.17, 15) is 18.0 Å². The van der Waals surface area contributed by atoms with Crippen molar-refractivity contribution in [1.82, 2.24) is 0 Å². The van der Waals surface area contributed by atoms with Crippen molar-refractivity contribution < 1.29 is 18.0 Å². The number of benzene rings is 1. The van der Waals surface area contributed by atoms with E-state index in [2.05, 4.69) is 15.9 Å². The van der Waals surface area contributed by atoms with Gasteiger partial charge in [0, 0.05) is 21.3 Å². The molecule has 0 amide bonds. The minimum atomic E-state index is -4.38. The molecule has 1 aromatic heterocycles. The second-order valence-electron chi connectivity index (χ2n) is 4.53. The number of carbonyl (C=O) groups excluding carboxylic acids is 1. The van der Waals surface area contributed by atoms with Crippen molar-refractivity contribution >= 4 is 33.0 Å². The Kier molecular flexibility index (Phi) is 4.88. The average Bonchev–Trinajstić information content (AvgIpc) is 2.87. The molecule has 0 saturated carbocycles. The summed E-state index contributed by atoms with van der Waals surface area (Å²) in [4.78, 5) is 13.0. The van der Waals surface area contributed by atoms with E-state index in [4.69, 9.17) is 0 Å².